The van der Waals surface area contributed by atoms with Crippen molar-refractivity contribution >= 4 is 23.9 Å². The zero-order valence-electron chi connectivity index (χ0n) is 23.1. The van der Waals surface area contributed by atoms with Gasteiger partial charge in [0, 0.05) is 18.4 Å². The first-order valence-electron chi connectivity index (χ1n) is 13.6. The smallest absolute Gasteiger partial charge is 0.407 e. The predicted octanol–water partition coefficient (Wildman–Crippen LogP) is 3.15. The summed E-state index contributed by atoms with van der Waals surface area (Å²) >= 11 is 0. The van der Waals surface area contributed by atoms with Crippen molar-refractivity contribution in [2.45, 2.75) is 51.2 Å². The number of carboxylic acid groups (broad SMARTS) is 1. The lowest BCUT2D eigenvalue weighted by Gasteiger charge is -2.31. The molecule has 1 atom stereocenters. The van der Waals surface area contributed by atoms with Gasteiger partial charge in [-0.3, -0.25) is 14.5 Å². The number of carbonyl (C=O) groups excluding carboxylic acids is 3. The molecule has 10 nitrogen and oxygen atoms in total. The van der Waals surface area contributed by atoms with Gasteiger partial charge in [-0.2, -0.15) is 0 Å². The topological polar surface area (TPSA) is 134 Å². The third kappa shape index (κ3) is 7.38. The van der Waals surface area contributed by atoms with Gasteiger partial charge in [0.2, 0.25) is 5.91 Å². The van der Waals surface area contributed by atoms with E-state index in [1.807, 2.05) is 74.2 Å². The van der Waals surface area contributed by atoms with Crippen LogP contribution in [0, 0.1) is 5.92 Å². The highest BCUT2D eigenvalue weighted by Crippen LogP contribution is 2.44. The van der Waals surface area contributed by atoms with Gasteiger partial charge in [0.1, 0.15) is 18.2 Å². The van der Waals surface area contributed by atoms with Crippen LogP contribution in [0.4, 0.5) is 4.79 Å². The minimum Gasteiger partial charge on any atom is -0.480 e. The van der Waals surface area contributed by atoms with Crippen molar-refractivity contribution in [1.82, 2.24) is 15.5 Å². The lowest BCUT2D eigenvalue weighted by atomic mass is 9.96. The number of likely N-dealkylation sites (tertiary alicyclic amines) is 1. The van der Waals surface area contributed by atoms with Gasteiger partial charge in [-0.15, -0.1) is 0 Å². The number of fused-ring (bicyclic) bond motifs is 3. The van der Waals surface area contributed by atoms with Gasteiger partial charge in [0.25, 0.3) is 0 Å². The van der Waals surface area contributed by atoms with Crippen molar-refractivity contribution in [1.29, 1.82) is 0 Å². The highest BCUT2D eigenvalue weighted by Gasteiger charge is 2.31. The molecule has 0 aromatic heterocycles. The summed E-state index contributed by atoms with van der Waals surface area (Å²) in [5, 5.41) is 14.6. The lowest BCUT2D eigenvalue weighted by Crippen LogP contribution is -2.50. The van der Waals surface area contributed by atoms with Crippen LogP contribution in [-0.4, -0.2) is 78.4 Å². The predicted molar refractivity (Wildman–Crippen MR) is 148 cm³/mol. The molecule has 0 bridgehead atoms. The Balaban J connectivity index is 1.23. The summed E-state index contributed by atoms with van der Waals surface area (Å²) in [4.78, 5) is 51.0. The van der Waals surface area contributed by atoms with Crippen molar-refractivity contribution in [2.75, 3.05) is 32.8 Å². The van der Waals surface area contributed by atoms with Crippen LogP contribution in [-0.2, 0) is 23.9 Å². The molecular formula is C30H37N3O7. The molecule has 214 valence electrons. The number of carbonyl (C=O) groups is 4. The SMILES string of the molecule is CC(C)(C)OC(=O)CN1CCC(C(=O)NCC(NC(=O)OCC2c3ccccc3-c3ccccc32)C(=O)O)CC1. The fraction of sp³-hybridized carbons (Fsp3) is 0.467. The molecule has 2 amide bonds. The average Bonchev–Trinajstić information content (AvgIpc) is 3.22. The highest BCUT2D eigenvalue weighted by molar-refractivity contribution is 5.83. The molecule has 1 heterocycles. The third-order valence-corrected chi connectivity index (χ3v) is 7.15. The molecule has 0 spiro atoms. The van der Waals surface area contributed by atoms with E-state index in [0.717, 1.165) is 22.3 Å². The van der Waals surface area contributed by atoms with Gasteiger partial charge in [-0.1, -0.05) is 48.5 Å². The number of aliphatic carboxylic acids is 1. The number of alkyl carbamates (subject to hydrolysis) is 1. The maximum atomic E-state index is 12.7. The maximum Gasteiger partial charge on any atom is 0.407 e. The van der Waals surface area contributed by atoms with Crippen LogP contribution < -0.4 is 10.6 Å². The van der Waals surface area contributed by atoms with Crippen LogP contribution in [0.15, 0.2) is 48.5 Å². The molecular weight excluding hydrogens is 514 g/mol. The van der Waals surface area contributed by atoms with E-state index in [1.54, 1.807) is 0 Å². The number of esters is 1. The van der Waals surface area contributed by atoms with E-state index < -0.39 is 23.7 Å². The number of amides is 2. The van der Waals surface area contributed by atoms with Crippen LogP contribution in [0.5, 0.6) is 0 Å². The summed E-state index contributed by atoms with van der Waals surface area (Å²) in [6.45, 7) is 6.50. The average molecular weight is 552 g/mol. The molecule has 1 unspecified atom stereocenters. The fourth-order valence-electron chi connectivity index (χ4n) is 5.24. The molecule has 10 heteroatoms. The van der Waals surface area contributed by atoms with Crippen LogP contribution in [0.2, 0.25) is 0 Å². The molecule has 1 aliphatic carbocycles. The Morgan fingerprint density at radius 2 is 1.55 bits per heavy atom. The molecule has 1 saturated heterocycles. The first-order chi connectivity index (χ1) is 19.0. The number of ether oxygens (including phenoxy) is 2. The standard InChI is InChI=1S/C30H37N3O7/c1-30(2,3)40-26(34)17-33-14-12-19(13-15-33)27(35)31-16-25(28(36)37)32-29(38)39-18-24-22-10-6-4-8-20(22)21-9-5-7-11-23(21)24/h4-11,19,24-25H,12-18H2,1-3H3,(H,31,35)(H,32,38)(H,36,37). The van der Waals surface area contributed by atoms with Gasteiger partial charge in [0.05, 0.1) is 6.54 Å². The van der Waals surface area contributed by atoms with Gasteiger partial charge < -0.3 is 25.2 Å². The van der Waals surface area contributed by atoms with Crippen LogP contribution >= 0.6 is 0 Å². The van der Waals surface area contributed by atoms with Crippen molar-refractivity contribution < 1.29 is 33.8 Å². The van der Waals surface area contributed by atoms with Gasteiger partial charge >= 0.3 is 18.0 Å². The minimum absolute atomic E-state index is 0.0560. The largest absolute Gasteiger partial charge is 0.480 e. The Hall–Kier alpha value is -3.92. The first-order valence-corrected chi connectivity index (χ1v) is 13.6. The van der Waals surface area contributed by atoms with E-state index in [9.17, 15) is 24.3 Å². The molecule has 1 aliphatic heterocycles. The molecule has 2 aromatic carbocycles. The molecule has 4 rings (SSSR count). The second-order valence-corrected chi connectivity index (χ2v) is 11.2. The van der Waals surface area contributed by atoms with E-state index in [-0.39, 0.29) is 43.4 Å². The summed E-state index contributed by atoms with van der Waals surface area (Å²) in [5.74, 6) is -2.32. The Morgan fingerprint density at radius 1 is 0.975 bits per heavy atom. The maximum absolute atomic E-state index is 12.7. The van der Waals surface area contributed by atoms with E-state index in [1.165, 1.54) is 0 Å². The number of carboxylic acids is 1. The summed E-state index contributed by atoms with van der Waals surface area (Å²) in [5.41, 5.74) is 3.73. The normalized spacial score (nSPS) is 16.4. The summed E-state index contributed by atoms with van der Waals surface area (Å²) in [7, 11) is 0. The van der Waals surface area contributed by atoms with Gasteiger partial charge in [-0.25, -0.2) is 9.59 Å². The molecule has 0 saturated carbocycles. The van der Waals surface area contributed by atoms with Crippen molar-refractivity contribution in [3.8, 4) is 11.1 Å². The first kappa shape index (κ1) is 29.1. The van der Waals surface area contributed by atoms with Crippen LogP contribution in [0.25, 0.3) is 11.1 Å². The Kier molecular flexibility index (Phi) is 9.09. The second-order valence-electron chi connectivity index (χ2n) is 11.2. The Morgan fingerprint density at radius 3 is 2.10 bits per heavy atom. The quantitative estimate of drug-likeness (QED) is 0.405. The number of piperidine rings is 1. The van der Waals surface area contributed by atoms with Crippen molar-refractivity contribution in [3.05, 3.63) is 59.7 Å². The van der Waals surface area contributed by atoms with Crippen LogP contribution in [0.3, 0.4) is 0 Å². The Bertz CT molecular complexity index is 1200. The van der Waals surface area contributed by atoms with Crippen molar-refractivity contribution in [2.24, 2.45) is 5.92 Å². The number of hydrogen-bond acceptors (Lipinski definition) is 7. The second kappa shape index (κ2) is 12.5. The lowest BCUT2D eigenvalue weighted by molar-refractivity contribution is -0.156. The number of nitrogens with one attached hydrogen (secondary N) is 2. The van der Waals surface area contributed by atoms with E-state index in [4.69, 9.17) is 9.47 Å². The van der Waals surface area contributed by atoms with Crippen LogP contribution in [0.1, 0.15) is 50.7 Å². The molecule has 2 aromatic rings. The Labute approximate surface area is 234 Å². The number of benzene rings is 2. The van der Waals surface area contributed by atoms with E-state index in [2.05, 4.69) is 10.6 Å². The summed E-state index contributed by atoms with van der Waals surface area (Å²) in [6.07, 6.45) is 0.206. The zero-order valence-corrected chi connectivity index (χ0v) is 23.1. The fourth-order valence-corrected chi connectivity index (χ4v) is 5.24. The number of hydrogen-bond donors (Lipinski definition) is 3. The van der Waals surface area contributed by atoms with Gasteiger partial charge in [0.15, 0.2) is 0 Å². The number of rotatable bonds is 9. The number of nitrogens with zero attached hydrogens (tertiary/aromatic N) is 1. The molecule has 2 aliphatic rings. The van der Waals surface area contributed by atoms with Gasteiger partial charge in [-0.05, 0) is 69.0 Å². The molecule has 0 radical (unpaired) electrons. The summed E-state index contributed by atoms with van der Waals surface area (Å²) in [6, 6.07) is 14.5. The monoisotopic (exact) mass is 551 g/mol. The summed E-state index contributed by atoms with van der Waals surface area (Å²) < 4.78 is 10.8. The molecule has 3 N–H and O–H groups in total. The van der Waals surface area contributed by atoms with E-state index in [0.29, 0.717) is 25.9 Å². The molecule has 1 fully saturated rings. The molecule has 40 heavy (non-hydrogen) atoms. The third-order valence-electron chi connectivity index (χ3n) is 7.15. The van der Waals surface area contributed by atoms with Crippen molar-refractivity contribution in [3.63, 3.8) is 0 Å². The minimum atomic E-state index is -1.34. The zero-order chi connectivity index (χ0) is 28.9. The highest BCUT2D eigenvalue weighted by atomic mass is 16.6. The van der Waals surface area contributed by atoms with E-state index >= 15 is 0 Å².